The predicted octanol–water partition coefficient (Wildman–Crippen LogP) is 3.34. The van der Waals surface area contributed by atoms with Gasteiger partial charge in [0.25, 0.3) is 0 Å². The van der Waals surface area contributed by atoms with Crippen molar-refractivity contribution in [1.82, 2.24) is 10.2 Å². The Kier molecular flexibility index (Phi) is 9.61. The molecule has 0 aliphatic carbocycles. The molecule has 2 aromatic rings. The topological polar surface area (TPSA) is 86.8 Å². The van der Waals surface area contributed by atoms with Gasteiger partial charge in [-0.05, 0) is 54.7 Å². The molecule has 0 unspecified atom stereocenters. The van der Waals surface area contributed by atoms with Gasteiger partial charge < -0.3 is 10.2 Å². The molecule has 0 aromatic heterocycles. The molecule has 2 rings (SSSR count). The largest absolute Gasteiger partial charge is 0.354 e. The van der Waals surface area contributed by atoms with Crippen molar-refractivity contribution in [3.63, 3.8) is 0 Å². The van der Waals surface area contributed by atoms with Gasteiger partial charge in [0.15, 0.2) is 0 Å². The number of aryl methyl sites for hydroxylation is 1. The van der Waals surface area contributed by atoms with Crippen LogP contribution in [0.15, 0.2) is 48.5 Å². The van der Waals surface area contributed by atoms with Gasteiger partial charge >= 0.3 is 0 Å². The highest BCUT2D eigenvalue weighted by Gasteiger charge is 2.30. The third kappa shape index (κ3) is 7.83. The van der Waals surface area contributed by atoms with E-state index in [0.29, 0.717) is 17.8 Å². The zero-order valence-electron chi connectivity index (χ0n) is 20.4. The lowest BCUT2D eigenvalue weighted by atomic mass is 10.1. The lowest BCUT2D eigenvalue weighted by Crippen LogP contribution is -2.51. The van der Waals surface area contributed by atoms with Crippen molar-refractivity contribution in [2.24, 2.45) is 5.92 Å². The highest BCUT2D eigenvalue weighted by Crippen LogP contribution is 2.20. The monoisotopic (exact) mass is 491 g/mol. The van der Waals surface area contributed by atoms with E-state index >= 15 is 0 Å². The van der Waals surface area contributed by atoms with Gasteiger partial charge in [0.1, 0.15) is 18.4 Å². The Labute approximate surface area is 202 Å². The van der Waals surface area contributed by atoms with Gasteiger partial charge in [-0.2, -0.15) is 0 Å². The van der Waals surface area contributed by atoms with Crippen LogP contribution in [-0.4, -0.2) is 50.5 Å². The number of hydrogen-bond donors (Lipinski definition) is 1. The number of hydrogen-bond acceptors (Lipinski definition) is 4. The van der Waals surface area contributed by atoms with E-state index in [-0.39, 0.29) is 18.4 Å². The van der Waals surface area contributed by atoms with Crippen LogP contribution in [0.25, 0.3) is 0 Å². The fraction of sp³-hybridized carbons (Fsp3) is 0.440. The van der Waals surface area contributed by atoms with Gasteiger partial charge in [0.05, 0.1) is 11.9 Å². The van der Waals surface area contributed by atoms with Crippen LogP contribution >= 0.6 is 0 Å². The molecule has 0 saturated carbocycles. The first-order valence-corrected chi connectivity index (χ1v) is 13.2. The molecule has 1 N–H and O–H groups in total. The van der Waals surface area contributed by atoms with Gasteiger partial charge in [-0.3, -0.25) is 13.9 Å². The molecule has 0 aliphatic rings. The van der Waals surface area contributed by atoms with Gasteiger partial charge in [-0.25, -0.2) is 12.8 Å². The van der Waals surface area contributed by atoms with E-state index in [0.717, 1.165) is 22.5 Å². The van der Waals surface area contributed by atoms with Crippen LogP contribution in [0.3, 0.4) is 0 Å². The molecule has 1 atom stereocenters. The van der Waals surface area contributed by atoms with Crippen molar-refractivity contribution in [2.75, 3.05) is 23.7 Å². The summed E-state index contributed by atoms with van der Waals surface area (Å²) in [7, 11) is -3.78. The number of carbonyl (C=O) groups excluding carboxylic acids is 2. The summed E-state index contributed by atoms with van der Waals surface area (Å²) in [4.78, 5) is 27.5. The average molecular weight is 492 g/mol. The van der Waals surface area contributed by atoms with E-state index in [1.807, 2.05) is 32.9 Å². The number of rotatable bonds is 11. The van der Waals surface area contributed by atoms with Crippen LogP contribution in [0.4, 0.5) is 10.1 Å². The van der Waals surface area contributed by atoms with Crippen LogP contribution in [0.5, 0.6) is 0 Å². The maximum Gasteiger partial charge on any atom is 0.244 e. The van der Waals surface area contributed by atoms with Crippen LogP contribution in [-0.2, 0) is 32.6 Å². The summed E-state index contributed by atoms with van der Waals surface area (Å²) in [6, 6.07) is 11.7. The van der Waals surface area contributed by atoms with Crippen molar-refractivity contribution in [3.05, 3.63) is 65.5 Å². The van der Waals surface area contributed by atoms with Crippen LogP contribution in [0.2, 0.25) is 0 Å². The summed E-state index contributed by atoms with van der Waals surface area (Å²) >= 11 is 0. The molecule has 9 heteroatoms. The third-order valence-electron chi connectivity index (χ3n) is 5.43. The first kappa shape index (κ1) is 27.3. The van der Waals surface area contributed by atoms with Crippen molar-refractivity contribution in [1.29, 1.82) is 0 Å². The molecule has 0 aliphatic heterocycles. The second-order valence-corrected chi connectivity index (χ2v) is 10.7. The minimum Gasteiger partial charge on any atom is -0.354 e. The van der Waals surface area contributed by atoms with Crippen LogP contribution in [0, 0.1) is 11.7 Å². The van der Waals surface area contributed by atoms with Crippen molar-refractivity contribution in [2.45, 2.75) is 46.7 Å². The molecule has 186 valence electrons. The minimum atomic E-state index is -3.78. The molecule has 0 saturated heterocycles. The normalized spacial score (nSPS) is 12.3. The number of carbonyl (C=O) groups is 2. The van der Waals surface area contributed by atoms with Gasteiger partial charge in [0.2, 0.25) is 21.8 Å². The molecule has 0 spiro atoms. The first-order valence-electron chi connectivity index (χ1n) is 11.3. The number of nitrogens with one attached hydrogen (secondary N) is 1. The minimum absolute atomic E-state index is 0.0295. The second kappa shape index (κ2) is 12.0. The molecule has 2 aromatic carbocycles. The second-order valence-electron chi connectivity index (χ2n) is 8.75. The standard InChI is InChI=1S/C25H34FN3O4S/c1-6-20-9-13-23(14-10-20)29(34(5,32)33)17-24(30)28(16-21-7-11-22(26)12-8-21)19(4)25(31)27-15-18(2)3/h7-14,18-19H,6,15-17H2,1-5H3,(H,27,31)/t19-/m0/s1. The van der Waals surface area contributed by atoms with Gasteiger partial charge in [-0.1, -0.05) is 45.0 Å². The average Bonchev–Trinajstić information content (AvgIpc) is 2.79. The van der Waals surface area contributed by atoms with Gasteiger partial charge in [-0.15, -0.1) is 0 Å². The van der Waals surface area contributed by atoms with Crippen LogP contribution < -0.4 is 9.62 Å². The Bertz CT molecular complexity index is 1070. The van der Waals surface area contributed by atoms with E-state index in [1.165, 1.54) is 29.2 Å². The van der Waals surface area contributed by atoms with Crippen molar-refractivity contribution >= 4 is 27.5 Å². The fourth-order valence-electron chi connectivity index (χ4n) is 3.33. The van der Waals surface area contributed by atoms with E-state index in [2.05, 4.69) is 5.32 Å². The molecular weight excluding hydrogens is 457 g/mol. The molecule has 0 fully saturated rings. The van der Waals surface area contributed by atoms with Gasteiger partial charge in [0, 0.05) is 13.1 Å². The summed E-state index contributed by atoms with van der Waals surface area (Å²) in [6.45, 7) is 7.51. The number of nitrogens with zero attached hydrogens (tertiary/aromatic N) is 2. The lowest BCUT2D eigenvalue weighted by Gasteiger charge is -2.31. The Morgan fingerprint density at radius 3 is 2.03 bits per heavy atom. The Hall–Kier alpha value is -2.94. The summed E-state index contributed by atoms with van der Waals surface area (Å²) in [6.07, 6.45) is 1.84. The highest BCUT2D eigenvalue weighted by molar-refractivity contribution is 7.92. The Morgan fingerprint density at radius 2 is 1.53 bits per heavy atom. The van der Waals surface area contributed by atoms with Crippen molar-refractivity contribution in [3.8, 4) is 0 Å². The molecule has 0 radical (unpaired) electrons. The quantitative estimate of drug-likeness (QED) is 0.522. The van der Waals surface area contributed by atoms with E-state index in [9.17, 15) is 22.4 Å². The number of benzene rings is 2. The van der Waals surface area contributed by atoms with E-state index < -0.39 is 34.3 Å². The molecular formula is C25H34FN3O4S. The summed E-state index contributed by atoms with van der Waals surface area (Å²) < 4.78 is 39.5. The Balaban J connectivity index is 2.34. The molecule has 0 heterocycles. The van der Waals surface area contributed by atoms with Crippen LogP contribution in [0.1, 0.15) is 38.8 Å². The third-order valence-corrected chi connectivity index (χ3v) is 6.57. The van der Waals surface area contributed by atoms with Crippen molar-refractivity contribution < 1.29 is 22.4 Å². The lowest BCUT2D eigenvalue weighted by molar-refractivity contribution is -0.139. The first-order chi connectivity index (χ1) is 15.9. The SMILES string of the molecule is CCc1ccc(N(CC(=O)N(Cc2ccc(F)cc2)[C@@H](C)C(=O)NCC(C)C)S(C)(=O)=O)cc1. The number of amides is 2. The molecule has 0 bridgehead atoms. The Morgan fingerprint density at radius 1 is 0.971 bits per heavy atom. The molecule has 34 heavy (non-hydrogen) atoms. The number of anilines is 1. The number of halogens is 1. The summed E-state index contributed by atoms with van der Waals surface area (Å²) in [5.74, 6) is -1.07. The summed E-state index contributed by atoms with van der Waals surface area (Å²) in [5.41, 5.74) is 2.03. The predicted molar refractivity (Wildman–Crippen MR) is 132 cm³/mol. The maximum absolute atomic E-state index is 13.4. The summed E-state index contributed by atoms with van der Waals surface area (Å²) in [5, 5.41) is 2.82. The zero-order chi connectivity index (χ0) is 25.5. The zero-order valence-corrected chi connectivity index (χ0v) is 21.2. The van der Waals surface area contributed by atoms with E-state index in [4.69, 9.17) is 0 Å². The van der Waals surface area contributed by atoms with E-state index in [1.54, 1.807) is 19.1 Å². The maximum atomic E-state index is 13.4. The smallest absolute Gasteiger partial charge is 0.244 e. The number of sulfonamides is 1. The molecule has 2 amide bonds. The fourth-order valence-corrected chi connectivity index (χ4v) is 4.18. The highest BCUT2D eigenvalue weighted by atomic mass is 32.2. The molecule has 7 nitrogen and oxygen atoms in total.